The van der Waals surface area contributed by atoms with E-state index in [0.717, 1.165) is 5.56 Å². The molecule has 132 valence electrons. The summed E-state index contributed by atoms with van der Waals surface area (Å²) in [5, 5.41) is 21.9. The van der Waals surface area contributed by atoms with Gasteiger partial charge in [0.15, 0.2) is 0 Å². The first-order valence-corrected chi connectivity index (χ1v) is 7.97. The van der Waals surface area contributed by atoms with Crippen LogP contribution in [-0.2, 0) is 6.42 Å². The molecule has 0 unspecified atom stereocenters. The number of non-ortho nitro benzene ring substituents is 1. The highest BCUT2D eigenvalue weighted by molar-refractivity contribution is 5.79. The van der Waals surface area contributed by atoms with Gasteiger partial charge in [0.1, 0.15) is 11.5 Å². The summed E-state index contributed by atoms with van der Waals surface area (Å²) in [6.07, 6.45) is 0.498. The van der Waals surface area contributed by atoms with Crippen LogP contribution in [0.4, 0.5) is 11.4 Å². The summed E-state index contributed by atoms with van der Waals surface area (Å²) >= 11 is 0. The molecule has 0 saturated heterocycles. The van der Waals surface area contributed by atoms with Crippen molar-refractivity contribution in [3.8, 4) is 22.6 Å². The van der Waals surface area contributed by atoms with Crippen molar-refractivity contribution in [3.63, 3.8) is 0 Å². The topological polar surface area (TPSA) is 98.6 Å². The maximum atomic E-state index is 11.1. The van der Waals surface area contributed by atoms with E-state index in [1.54, 1.807) is 36.4 Å². The van der Waals surface area contributed by atoms with Crippen molar-refractivity contribution in [2.24, 2.45) is 0 Å². The third-order valence-electron chi connectivity index (χ3n) is 4.16. The van der Waals surface area contributed by atoms with Crippen molar-refractivity contribution in [2.75, 3.05) is 12.8 Å². The second-order valence-electron chi connectivity index (χ2n) is 5.88. The Morgan fingerprint density at radius 2 is 1.85 bits per heavy atom. The number of nitrogens with two attached hydrogens (primary N) is 1. The molecular formula is C20H18N2O4. The summed E-state index contributed by atoms with van der Waals surface area (Å²) in [7, 11) is 1.50. The first-order chi connectivity index (χ1) is 12.5. The van der Waals surface area contributed by atoms with Crippen LogP contribution in [-0.4, -0.2) is 17.1 Å². The molecule has 0 atom stereocenters. The lowest BCUT2D eigenvalue weighted by Crippen LogP contribution is -1.96. The minimum absolute atomic E-state index is 0.0432. The number of rotatable bonds is 5. The quantitative estimate of drug-likeness (QED) is 0.409. The minimum atomic E-state index is -0.467. The Kier molecular flexibility index (Phi) is 4.75. The van der Waals surface area contributed by atoms with E-state index < -0.39 is 4.92 Å². The molecule has 0 aliphatic heterocycles. The van der Waals surface area contributed by atoms with Crippen LogP contribution >= 0.6 is 0 Å². The monoisotopic (exact) mass is 350 g/mol. The third-order valence-corrected chi connectivity index (χ3v) is 4.16. The van der Waals surface area contributed by atoms with Gasteiger partial charge >= 0.3 is 0 Å². The number of benzene rings is 3. The van der Waals surface area contributed by atoms with Gasteiger partial charge in [-0.2, -0.15) is 0 Å². The zero-order chi connectivity index (χ0) is 18.7. The number of nitro groups is 1. The van der Waals surface area contributed by atoms with E-state index in [9.17, 15) is 15.2 Å². The van der Waals surface area contributed by atoms with Crippen LogP contribution in [0, 0.1) is 10.1 Å². The number of hydrogen-bond donors (Lipinski definition) is 2. The first-order valence-electron chi connectivity index (χ1n) is 7.97. The number of phenols is 1. The summed E-state index contributed by atoms with van der Waals surface area (Å²) in [6.45, 7) is 0. The van der Waals surface area contributed by atoms with Crippen molar-refractivity contribution in [1.29, 1.82) is 0 Å². The molecule has 3 N–H and O–H groups in total. The maximum Gasteiger partial charge on any atom is 0.270 e. The molecule has 0 aliphatic carbocycles. The fourth-order valence-electron chi connectivity index (χ4n) is 2.84. The lowest BCUT2D eigenvalue weighted by Gasteiger charge is -2.14. The van der Waals surface area contributed by atoms with E-state index in [4.69, 9.17) is 10.5 Å². The molecule has 3 aromatic rings. The first kappa shape index (κ1) is 17.3. The van der Waals surface area contributed by atoms with Gasteiger partial charge < -0.3 is 15.6 Å². The number of aromatic hydroxyl groups is 1. The van der Waals surface area contributed by atoms with E-state index in [-0.39, 0.29) is 11.4 Å². The van der Waals surface area contributed by atoms with Crippen LogP contribution in [0.1, 0.15) is 11.1 Å². The number of anilines is 1. The van der Waals surface area contributed by atoms with Crippen LogP contribution in [0.2, 0.25) is 0 Å². The van der Waals surface area contributed by atoms with Gasteiger partial charge in [-0.3, -0.25) is 10.1 Å². The predicted molar refractivity (Wildman–Crippen MR) is 100 cm³/mol. The number of ether oxygens (including phenoxy) is 1. The normalized spacial score (nSPS) is 10.5. The van der Waals surface area contributed by atoms with Crippen LogP contribution < -0.4 is 10.5 Å². The van der Waals surface area contributed by atoms with E-state index in [0.29, 0.717) is 34.5 Å². The molecule has 0 bridgehead atoms. The van der Waals surface area contributed by atoms with E-state index in [1.165, 1.54) is 19.2 Å². The lowest BCUT2D eigenvalue weighted by atomic mass is 9.96. The van der Waals surface area contributed by atoms with Crippen LogP contribution in [0.3, 0.4) is 0 Å². The van der Waals surface area contributed by atoms with Crippen molar-refractivity contribution < 1.29 is 14.8 Å². The lowest BCUT2D eigenvalue weighted by molar-refractivity contribution is -0.384. The van der Waals surface area contributed by atoms with Crippen molar-refractivity contribution in [3.05, 3.63) is 81.9 Å². The molecule has 0 aliphatic rings. The molecule has 0 aromatic heterocycles. The molecule has 6 heteroatoms. The average Bonchev–Trinajstić information content (AvgIpc) is 2.65. The van der Waals surface area contributed by atoms with Gasteiger partial charge in [-0.1, -0.05) is 30.3 Å². The molecule has 6 nitrogen and oxygen atoms in total. The Morgan fingerprint density at radius 3 is 2.50 bits per heavy atom. The standard InChI is InChI=1S/C20H18N2O4/c1-26-18-10-7-15(11-13-5-8-16(21)9-6-13)20(23)19(18)14-3-2-4-17(12-14)22(24)25/h2-10,12,23H,11,21H2,1H3. The Hall–Kier alpha value is -3.54. The molecule has 3 rings (SSSR count). The summed E-state index contributed by atoms with van der Waals surface area (Å²) in [4.78, 5) is 10.6. The predicted octanol–water partition coefficient (Wildman–Crippen LogP) is 4.15. The van der Waals surface area contributed by atoms with Gasteiger partial charge in [0.05, 0.1) is 17.6 Å². The number of nitro benzene ring substituents is 1. The zero-order valence-electron chi connectivity index (χ0n) is 14.2. The molecule has 0 saturated carbocycles. The van der Waals surface area contributed by atoms with Gasteiger partial charge in [0.2, 0.25) is 0 Å². The number of hydrogen-bond acceptors (Lipinski definition) is 5. The molecule has 0 spiro atoms. The number of methoxy groups -OCH3 is 1. The maximum absolute atomic E-state index is 11.1. The van der Waals surface area contributed by atoms with Crippen LogP contribution in [0.5, 0.6) is 11.5 Å². The van der Waals surface area contributed by atoms with E-state index in [2.05, 4.69) is 0 Å². The Balaban J connectivity index is 2.08. The zero-order valence-corrected chi connectivity index (χ0v) is 14.2. The van der Waals surface area contributed by atoms with Crippen molar-refractivity contribution >= 4 is 11.4 Å². The summed E-state index contributed by atoms with van der Waals surface area (Å²) in [6, 6.07) is 17.0. The van der Waals surface area contributed by atoms with Crippen LogP contribution in [0.25, 0.3) is 11.1 Å². The second-order valence-corrected chi connectivity index (χ2v) is 5.88. The minimum Gasteiger partial charge on any atom is -0.507 e. The molecular weight excluding hydrogens is 332 g/mol. The molecule has 0 heterocycles. The fraction of sp³-hybridized carbons (Fsp3) is 0.100. The van der Waals surface area contributed by atoms with Gasteiger partial charge in [-0.15, -0.1) is 0 Å². The van der Waals surface area contributed by atoms with Crippen molar-refractivity contribution in [2.45, 2.75) is 6.42 Å². The molecule has 0 amide bonds. The van der Waals surface area contributed by atoms with E-state index in [1.807, 2.05) is 12.1 Å². The fourth-order valence-corrected chi connectivity index (χ4v) is 2.84. The molecule has 3 aromatic carbocycles. The Morgan fingerprint density at radius 1 is 1.12 bits per heavy atom. The van der Waals surface area contributed by atoms with Crippen molar-refractivity contribution in [1.82, 2.24) is 0 Å². The Labute approximate surface area is 150 Å². The van der Waals surface area contributed by atoms with Gasteiger partial charge in [-0.05, 0) is 34.9 Å². The number of nitrogens with zero attached hydrogens (tertiary/aromatic N) is 1. The summed E-state index contributed by atoms with van der Waals surface area (Å²) in [5.74, 6) is 0.491. The Bertz CT molecular complexity index is 953. The van der Waals surface area contributed by atoms with E-state index >= 15 is 0 Å². The summed E-state index contributed by atoms with van der Waals surface area (Å²) in [5.41, 5.74) is 8.97. The highest BCUT2D eigenvalue weighted by Crippen LogP contribution is 2.41. The van der Waals surface area contributed by atoms with Gasteiger partial charge in [0, 0.05) is 24.2 Å². The smallest absolute Gasteiger partial charge is 0.270 e. The second kappa shape index (κ2) is 7.14. The molecule has 0 fully saturated rings. The van der Waals surface area contributed by atoms with Gasteiger partial charge in [0.25, 0.3) is 5.69 Å². The third kappa shape index (κ3) is 3.44. The van der Waals surface area contributed by atoms with Crippen LogP contribution in [0.15, 0.2) is 60.7 Å². The molecule has 26 heavy (non-hydrogen) atoms. The molecule has 0 radical (unpaired) electrons. The average molecular weight is 350 g/mol. The largest absolute Gasteiger partial charge is 0.507 e. The highest BCUT2D eigenvalue weighted by Gasteiger charge is 2.18. The number of phenolic OH excluding ortho intramolecular Hbond substituents is 1. The summed E-state index contributed by atoms with van der Waals surface area (Å²) < 4.78 is 5.36. The van der Waals surface area contributed by atoms with Gasteiger partial charge in [-0.25, -0.2) is 0 Å². The SMILES string of the molecule is COc1ccc(Cc2ccc(N)cc2)c(O)c1-c1cccc([N+](=O)[O-])c1. The highest BCUT2D eigenvalue weighted by atomic mass is 16.6. The number of nitrogen functional groups attached to an aromatic ring is 1.